The van der Waals surface area contributed by atoms with Crippen molar-refractivity contribution < 1.29 is 8.78 Å². The van der Waals surface area contributed by atoms with Crippen molar-refractivity contribution in [1.29, 1.82) is 0 Å². The normalized spacial score (nSPS) is 16.8. The number of nitrogens with two attached hydrogens (primary N) is 1. The van der Waals surface area contributed by atoms with Crippen molar-refractivity contribution in [2.75, 3.05) is 29.0 Å². The highest BCUT2D eigenvalue weighted by Gasteiger charge is 2.25. The van der Waals surface area contributed by atoms with Gasteiger partial charge in [-0.1, -0.05) is 13.8 Å². The summed E-state index contributed by atoms with van der Waals surface area (Å²) in [5.41, 5.74) is 8.19. The molecule has 0 bridgehead atoms. The first-order chi connectivity index (χ1) is 11.8. The zero-order valence-corrected chi connectivity index (χ0v) is 15.0. The first kappa shape index (κ1) is 17.5. The van der Waals surface area contributed by atoms with E-state index in [4.69, 9.17) is 5.73 Å². The van der Waals surface area contributed by atoms with Gasteiger partial charge in [0.15, 0.2) is 5.82 Å². The van der Waals surface area contributed by atoms with Crippen LogP contribution in [-0.2, 0) is 0 Å². The maximum atomic E-state index is 14.3. The van der Waals surface area contributed by atoms with Crippen molar-refractivity contribution in [3.63, 3.8) is 0 Å². The Bertz CT molecular complexity index is 760. The van der Waals surface area contributed by atoms with E-state index in [0.29, 0.717) is 5.41 Å². The van der Waals surface area contributed by atoms with Crippen molar-refractivity contribution in [1.82, 2.24) is 0 Å². The Morgan fingerprint density at radius 1 is 1.08 bits per heavy atom. The Labute approximate surface area is 147 Å². The van der Waals surface area contributed by atoms with Gasteiger partial charge < -0.3 is 16.0 Å². The first-order valence-corrected chi connectivity index (χ1v) is 8.63. The minimum atomic E-state index is -0.653. The van der Waals surface area contributed by atoms with Crippen LogP contribution in [0.1, 0.15) is 32.3 Å². The molecule has 0 saturated carbocycles. The topological polar surface area (TPSA) is 41.3 Å². The predicted octanol–water partition coefficient (Wildman–Crippen LogP) is 5.23. The van der Waals surface area contributed by atoms with Gasteiger partial charge in [-0.05, 0) is 55.5 Å². The molecule has 3 rings (SSSR count). The number of nitrogens with one attached hydrogen (secondary N) is 1. The third-order valence-corrected chi connectivity index (χ3v) is 5.10. The van der Waals surface area contributed by atoms with Gasteiger partial charge in [0.1, 0.15) is 5.82 Å². The van der Waals surface area contributed by atoms with Crippen LogP contribution in [0.2, 0.25) is 0 Å². The Kier molecular flexibility index (Phi) is 4.58. The summed E-state index contributed by atoms with van der Waals surface area (Å²) in [4.78, 5) is 2.37. The molecule has 3 nitrogen and oxygen atoms in total. The minimum absolute atomic E-state index is 0.0377. The summed E-state index contributed by atoms with van der Waals surface area (Å²) in [7, 11) is 0. The number of halogens is 2. The zero-order valence-electron chi connectivity index (χ0n) is 15.0. The van der Waals surface area contributed by atoms with Crippen molar-refractivity contribution in [3.8, 4) is 0 Å². The van der Waals surface area contributed by atoms with E-state index in [2.05, 4.69) is 24.1 Å². The summed E-state index contributed by atoms with van der Waals surface area (Å²) in [5, 5.41) is 2.97. The Hall–Kier alpha value is -2.30. The van der Waals surface area contributed by atoms with Crippen molar-refractivity contribution in [2.24, 2.45) is 5.41 Å². The number of nitrogens with zero attached hydrogens (tertiary/aromatic N) is 1. The highest BCUT2D eigenvalue weighted by molar-refractivity contribution is 5.74. The predicted molar refractivity (Wildman–Crippen MR) is 100 cm³/mol. The van der Waals surface area contributed by atoms with Crippen LogP contribution in [0.3, 0.4) is 0 Å². The van der Waals surface area contributed by atoms with Crippen LogP contribution < -0.4 is 16.0 Å². The molecule has 2 aromatic rings. The molecule has 1 aliphatic rings. The molecule has 1 heterocycles. The zero-order chi connectivity index (χ0) is 18.2. The quantitative estimate of drug-likeness (QED) is 0.749. The first-order valence-electron chi connectivity index (χ1n) is 8.63. The van der Waals surface area contributed by atoms with Crippen molar-refractivity contribution in [2.45, 2.75) is 33.6 Å². The van der Waals surface area contributed by atoms with Gasteiger partial charge in [0.2, 0.25) is 0 Å². The lowest BCUT2D eigenvalue weighted by Gasteiger charge is -2.38. The van der Waals surface area contributed by atoms with Gasteiger partial charge in [-0.3, -0.25) is 0 Å². The molecule has 0 spiro atoms. The molecule has 5 heteroatoms. The van der Waals surface area contributed by atoms with Crippen LogP contribution in [0.15, 0.2) is 30.3 Å². The third-order valence-electron chi connectivity index (χ3n) is 5.10. The lowest BCUT2D eigenvalue weighted by atomic mass is 9.82. The van der Waals surface area contributed by atoms with Crippen LogP contribution in [0, 0.1) is 24.0 Å². The SMILES string of the molecule is Cc1c(F)cc(N)c(Nc2ccc(N3CCC(C)(C)CC3)cc2)c1F. The molecular formula is C20H25F2N3. The number of anilines is 4. The Balaban J connectivity index is 1.75. The van der Waals surface area contributed by atoms with E-state index in [1.165, 1.54) is 19.8 Å². The average Bonchev–Trinajstić information content (AvgIpc) is 2.57. The summed E-state index contributed by atoms with van der Waals surface area (Å²) < 4.78 is 27.8. The highest BCUT2D eigenvalue weighted by atomic mass is 19.1. The molecule has 0 atom stereocenters. The minimum Gasteiger partial charge on any atom is -0.397 e. The second kappa shape index (κ2) is 6.54. The van der Waals surface area contributed by atoms with E-state index in [1.807, 2.05) is 24.3 Å². The largest absolute Gasteiger partial charge is 0.397 e. The monoisotopic (exact) mass is 345 g/mol. The van der Waals surface area contributed by atoms with Gasteiger partial charge in [-0.15, -0.1) is 0 Å². The second-order valence-corrected chi connectivity index (χ2v) is 7.58. The van der Waals surface area contributed by atoms with E-state index in [0.717, 1.165) is 30.5 Å². The van der Waals surface area contributed by atoms with E-state index in [-0.39, 0.29) is 16.9 Å². The average molecular weight is 345 g/mol. The van der Waals surface area contributed by atoms with E-state index < -0.39 is 11.6 Å². The number of nitrogen functional groups attached to an aromatic ring is 1. The molecular weight excluding hydrogens is 320 g/mol. The smallest absolute Gasteiger partial charge is 0.154 e. The summed E-state index contributed by atoms with van der Waals surface area (Å²) in [6, 6.07) is 8.97. The molecule has 1 fully saturated rings. The molecule has 2 aromatic carbocycles. The molecule has 0 aromatic heterocycles. The van der Waals surface area contributed by atoms with E-state index in [1.54, 1.807) is 0 Å². The Morgan fingerprint density at radius 2 is 1.68 bits per heavy atom. The fourth-order valence-electron chi connectivity index (χ4n) is 3.13. The fraction of sp³-hybridized carbons (Fsp3) is 0.400. The third kappa shape index (κ3) is 3.70. The second-order valence-electron chi connectivity index (χ2n) is 7.58. The van der Waals surface area contributed by atoms with Gasteiger partial charge in [-0.25, -0.2) is 8.78 Å². The molecule has 25 heavy (non-hydrogen) atoms. The van der Waals surface area contributed by atoms with Gasteiger partial charge in [-0.2, -0.15) is 0 Å². The van der Waals surface area contributed by atoms with Gasteiger partial charge in [0, 0.05) is 30.0 Å². The summed E-state index contributed by atoms with van der Waals surface area (Å²) >= 11 is 0. The molecule has 0 unspecified atom stereocenters. The highest BCUT2D eigenvalue weighted by Crippen LogP contribution is 2.34. The maximum Gasteiger partial charge on any atom is 0.154 e. The fourth-order valence-corrected chi connectivity index (χ4v) is 3.13. The number of hydrogen-bond acceptors (Lipinski definition) is 3. The van der Waals surface area contributed by atoms with Crippen LogP contribution in [0.5, 0.6) is 0 Å². The van der Waals surface area contributed by atoms with Gasteiger partial charge >= 0.3 is 0 Å². The molecule has 0 amide bonds. The molecule has 1 saturated heterocycles. The number of rotatable bonds is 3. The van der Waals surface area contributed by atoms with Gasteiger partial charge in [0.05, 0.1) is 11.4 Å². The van der Waals surface area contributed by atoms with Gasteiger partial charge in [0.25, 0.3) is 0 Å². The Morgan fingerprint density at radius 3 is 2.28 bits per heavy atom. The molecule has 1 aliphatic heterocycles. The molecule has 0 radical (unpaired) electrons. The number of piperidine rings is 1. The lowest BCUT2D eigenvalue weighted by molar-refractivity contribution is 0.280. The summed E-state index contributed by atoms with van der Waals surface area (Å²) in [5.74, 6) is -1.29. The molecule has 134 valence electrons. The van der Waals surface area contributed by atoms with Crippen LogP contribution in [-0.4, -0.2) is 13.1 Å². The van der Waals surface area contributed by atoms with E-state index in [9.17, 15) is 8.78 Å². The molecule has 3 N–H and O–H groups in total. The van der Waals surface area contributed by atoms with Crippen LogP contribution in [0.4, 0.5) is 31.5 Å². The molecule has 0 aliphatic carbocycles. The van der Waals surface area contributed by atoms with Crippen LogP contribution >= 0.6 is 0 Å². The lowest BCUT2D eigenvalue weighted by Crippen LogP contribution is -2.37. The van der Waals surface area contributed by atoms with Crippen molar-refractivity contribution >= 4 is 22.7 Å². The standard InChI is InChI=1S/C20H25F2N3/c1-13-16(21)12-17(23)19(18(13)22)24-14-4-6-15(7-5-14)25-10-8-20(2,3)9-11-25/h4-7,12,24H,8-11,23H2,1-3H3. The summed E-state index contributed by atoms with van der Waals surface area (Å²) in [6.45, 7) is 8.09. The number of hydrogen-bond donors (Lipinski definition) is 2. The van der Waals surface area contributed by atoms with Crippen LogP contribution in [0.25, 0.3) is 0 Å². The summed E-state index contributed by atoms with van der Waals surface area (Å²) in [6.07, 6.45) is 2.34. The van der Waals surface area contributed by atoms with Crippen molar-refractivity contribution in [3.05, 3.63) is 47.5 Å². The number of benzene rings is 2. The maximum absolute atomic E-state index is 14.3. The van der Waals surface area contributed by atoms with E-state index >= 15 is 0 Å².